The quantitative estimate of drug-likeness (QED) is 0.221. The van der Waals surface area contributed by atoms with E-state index >= 15 is 0 Å². The Morgan fingerprint density at radius 3 is 2.73 bits per heavy atom. The van der Waals surface area contributed by atoms with Crippen molar-refractivity contribution in [2.45, 2.75) is 51.0 Å². The average Bonchev–Trinajstić information content (AvgIpc) is 3.15. The van der Waals surface area contributed by atoms with Crippen LogP contribution in [-0.2, 0) is 15.9 Å². The molecule has 2 N–H and O–H groups in total. The minimum Gasteiger partial charge on any atom is -0.469 e. The van der Waals surface area contributed by atoms with Crippen LogP contribution in [0.1, 0.15) is 44.3 Å². The molecular formula is C19H34IN3O3. The van der Waals surface area contributed by atoms with Gasteiger partial charge in [0.05, 0.1) is 19.0 Å². The van der Waals surface area contributed by atoms with Crippen molar-refractivity contribution in [3.05, 3.63) is 24.2 Å². The second-order valence-electron chi connectivity index (χ2n) is 6.39. The molecule has 1 heterocycles. The fourth-order valence-corrected chi connectivity index (χ4v) is 2.94. The minimum absolute atomic E-state index is 0. The van der Waals surface area contributed by atoms with Crippen LogP contribution in [0.2, 0.25) is 0 Å². The number of methoxy groups -OCH3 is 1. The second-order valence-corrected chi connectivity index (χ2v) is 6.39. The SMILES string of the molecule is COCCNC(=NCCCOC1CCCCC1)NCCc1ccco1.I. The number of furan rings is 1. The van der Waals surface area contributed by atoms with E-state index in [1.165, 1.54) is 32.1 Å². The Morgan fingerprint density at radius 2 is 2.00 bits per heavy atom. The van der Waals surface area contributed by atoms with Crippen molar-refractivity contribution in [3.63, 3.8) is 0 Å². The molecule has 0 saturated heterocycles. The Labute approximate surface area is 174 Å². The zero-order valence-electron chi connectivity index (χ0n) is 15.9. The molecule has 0 aromatic carbocycles. The number of guanidine groups is 1. The van der Waals surface area contributed by atoms with E-state index in [2.05, 4.69) is 15.6 Å². The molecule has 1 aromatic heterocycles. The minimum atomic E-state index is 0. The Bertz CT molecular complexity index is 463. The molecule has 6 nitrogen and oxygen atoms in total. The topological polar surface area (TPSA) is 68.0 Å². The maximum Gasteiger partial charge on any atom is 0.191 e. The van der Waals surface area contributed by atoms with Gasteiger partial charge in [0.2, 0.25) is 0 Å². The number of hydrogen-bond acceptors (Lipinski definition) is 4. The van der Waals surface area contributed by atoms with Crippen molar-refractivity contribution in [2.75, 3.05) is 40.0 Å². The van der Waals surface area contributed by atoms with Crippen LogP contribution in [0.5, 0.6) is 0 Å². The Morgan fingerprint density at radius 1 is 1.19 bits per heavy atom. The molecule has 1 saturated carbocycles. The molecule has 0 unspecified atom stereocenters. The summed E-state index contributed by atoms with van der Waals surface area (Å²) in [5.41, 5.74) is 0. The van der Waals surface area contributed by atoms with Gasteiger partial charge < -0.3 is 24.5 Å². The summed E-state index contributed by atoms with van der Waals surface area (Å²) in [5.74, 6) is 1.80. The summed E-state index contributed by atoms with van der Waals surface area (Å²) in [6.45, 7) is 3.73. The predicted octanol–water partition coefficient (Wildman–Crippen LogP) is 3.36. The molecule has 1 aromatic rings. The first-order valence-electron chi connectivity index (χ1n) is 9.53. The van der Waals surface area contributed by atoms with Crippen molar-refractivity contribution < 1.29 is 13.9 Å². The van der Waals surface area contributed by atoms with Gasteiger partial charge in [-0.2, -0.15) is 0 Å². The van der Waals surface area contributed by atoms with E-state index in [-0.39, 0.29) is 24.0 Å². The van der Waals surface area contributed by atoms with Gasteiger partial charge in [0, 0.05) is 39.8 Å². The summed E-state index contributed by atoms with van der Waals surface area (Å²) in [4.78, 5) is 4.63. The molecule has 0 radical (unpaired) electrons. The molecule has 0 atom stereocenters. The van der Waals surface area contributed by atoms with E-state index in [9.17, 15) is 0 Å². The number of ether oxygens (including phenoxy) is 2. The van der Waals surface area contributed by atoms with E-state index in [0.717, 1.165) is 50.8 Å². The van der Waals surface area contributed by atoms with E-state index in [1.54, 1.807) is 13.4 Å². The van der Waals surface area contributed by atoms with Gasteiger partial charge in [-0.25, -0.2) is 0 Å². The molecule has 150 valence electrons. The maximum atomic E-state index is 5.95. The Balaban J connectivity index is 0.00000338. The third-order valence-corrected chi connectivity index (χ3v) is 4.32. The van der Waals surface area contributed by atoms with Crippen LogP contribution in [0.15, 0.2) is 27.8 Å². The Hall–Kier alpha value is -0.800. The lowest BCUT2D eigenvalue weighted by molar-refractivity contribution is 0.0281. The van der Waals surface area contributed by atoms with Crippen molar-refractivity contribution in [1.29, 1.82) is 0 Å². The highest BCUT2D eigenvalue weighted by atomic mass is 127. The van der Waals surface area contributed by atoms with Gasteiger partial charge in [0.15, 0.2) is 5.96 Å². The molecule has 7 heteroatoms. The molecule has 1 aliphatic carbocycles. The highest BCUT2D eigenvalue weighted by Gasteiger charge is 2.12. The van der Waals surface area contributed by atoms with Gasteiger partial charge in [0.1, 0.15) is 5.76 Å². The van der Waals surface area contributed by atoms with Gasteiger partial charge in [-0.1, -0.05) is 19.3 Å². The molecule has 1 aliphatic rings. The first-order valence-corrected chi connectivity index (χ1v) is 9.53. The second kappa shape index (κ2) is 15.3. The molecule has 0 amide bonds. The molecule has 0 spiro atoms. The molecule has 26 heavy (non-hydrogen) atoms. The van der Waals surface area contributed by atoms with Crippen LogP contribution in [0.3, 0.4) is 0 Å². The molecule has 0 bridgehead atoms. The third-order valence-electron chi connectivity index (χ3n) is 4.32. The lowest BCUT2D eigenvalue weighted by atomic mass is 9.98. The van der Waals surface area contributed by atoms with E-state index in [4.69, 9.17) is 13.9 Å². The number of aliphatic imine (C=N–C) groups is 1. The highest BCUT2D eigenvalue weighted by Crippen LogP contribution is 2.20. The summed E-state index contributed by atoms with van der Waals surface area (Å²) >= 11 is 0. The number of hydrogen-bond donors (Lipinski definition) is 2. The number of nitrogens with one attached hydrogen (secondary N) is 2. The van der Waals surface area contributed by atoms with Crippen molar-refractivity contribution in [1.82, 2.24) is 10.6 Å². The largest absolute Gasteiger partial charge is 0.469 e. The van der Waals surface area contributed by atoms with Gasteiger partial charge >= 0.3 is 0 Å². The van der Waals surface area contributed by atoms with Gasteiger partial charge in [0.25, 0.3) is 0 Å². The summed E-state index contributed by atoms with van der Waals surface area (Å²) in [6.07, 6.45) is 10.4. The van der Waals surface area contributed by atoms with Crippen molar-refractivity contribution >= 4 is 29.9 Å². The maximum absolute atomic E-state index is 5.95. The molecular weight excluding hydrogens is 445 g/mol. The monoisotopic (exact) mass is 479 g/mol. The van der Waals surface area contributed by atoms with E-state index < -0.39 is 0 Å². The molecule has 1 fully saturated rings. The molecule has 0 aliphatic heterocycles. The van der Waals surface area contributed by atoms with Crippen LogP contribution in [0.25, 0.3) is 0 Å². The lowest BCUT2D eigenvalue weighted by Crippen LogP contribution is -2.40. The lowest BCUT2D eigenvalue weighted by Gasteiger charge is -2.21. The van der Waals surface area contributed by atoms with Gasteiger partial charge in [-0.15, -0.1) is 24.0 Å². The average molecular weight is 479 g/mol. The van der Waals surface area contributed by atoms with Crippen LogP contribution in [0, 0.1) is 0 Å². The Kier molecular flexibility index (Phi) is 13.7. The number of halogens is 1. The van der Waals surface area contributed by atoms with Crippen LogP contribution < -0.4 is 10.6 Å². The first-order chi connectivity index (χ1) is 12.4. The summed E-state index contributed by atoms with van der Waals surface area (Å²) in [7, 11) is 1.70. The van der Waals surface area contributed by atoms with E-state index in [0.29, 0.717) is 12.7 Å². The third kappa shape index (κ3) is 10.4. The van der Waals surface area contributed by atoms with Gasteiger partial charge in [-0.3, -0.25) is 4.99 Å². The van der Waals surface area contributed by atoms with Crippen LogP contribution in [0.4, 0.5) is 0 Å². The van der Waals surface area contributed by atoms with Gasteiger partial charge in [-0.05, 0) is 31.4 Å². The van der Waals surface area contributed by atoms with E-state index in [1.807, 2.05) is 12.1 Å². The number of rotatable bonds is 11. The molecule has 2 rings (SSSR count). The van der Waals surface area contributed by atoms with Crippen molar-refractivity contribution in [3.8, 4) is 0 Å². The standard InChI is InChI=1S/C19H33N3O3.HI/c1-23-16-13-22-19(21-12-10-18-9-5-14-24-18)20-11-6-15-25-17-7-3-2-4-8-17;/h5,9,14,17H,2-4,6-8,10-13,15-16H2,1H3,(H2,20,21,22);1H. The van der Waals surface area contributed by atoms with Crippen LogP contribution >= 0.6 is 24.0 Å². The zero-order valence-corrected chi connectivity index (χ0v) is 18.2. The normalized spacial score (nSPS) is 15.5. The first kappa shape index (κ1) is 23.2. The summed E-state index contributed by atoms with van der Waals surface area (Å²) in [6, 6.07) is 3.90. The highest BCUT2D eigenvalue weighted by molar-refractivity contribution is 14.0. The van der Waals surface area contributed by atoms with Crippen LogP contribution in [-0.4, -0.2) is 52.0 Å². The summed E-state index contributed by atoms with van der Waals surface area (Å²) < 4.78 is 16.4. The number of nitrogens with zero attached hydrogens (tertiary/aromatic N) is 1. The fraction of sp³-hybridized carbons (Fsp3) is 0.737. The smallest absolute Gasteiger partial charge is 0.191 e. The fourth-order valence-electron chi connectivity index (χ4n) is 2.94. The summed E-state index contributed by atoms with van der Waals surface area (Å²) in [5, 5.41) is 6.62. The zero-order chi connectivity index (χ0) is 17.6. The predicted molar refractivity (Wildman–Crippen MR) is 115 cm³/mol. The van der Waals surface area contributed by atoms with Crippen molar-refractivity contribution in [2.24, 2.45) is 4.99 Å².